The number of nitrogens with zero attached hydrogens (tertiary/aromatic N) is 2. The highest BCUT2D eigenvalue weighted by Crippen LogP contribution is 2.34. The van der Waals surface area contributed by atoms with E-state index >= 15 is 0 Å². The molecule has 2 heterocycles. The van der Waals surface area contributed by atoms with Crippen molar-refractivity contribution in [3.63, 3.8) is 0 Å². The first-order chi connectivity index (χ1) is 15.5. The lowest BCUT2D eigenvalue weighted by atomic mass is 9.98. The molecule has 3 aromatic carbocycles. The van der Waals surface area contributed by atoms with Crippen molar-refractivity contribution < 1.29 is 14.0 Å². The van der Waals surface area contributed by atoms with Gasteiger partial charge in [0.15, 0.2) is 5.54 Å². The number of urea groups is 1. The van der Waals surface area contributed by atoms with E-state index in [9.17, 15) is 14.9 Å². The molecule has 0 aliphatic carbocycles. The smallest absolute Gasteiger partial charge is 0.325 e. The van der Waals surface area contributed by atoms with Crippen LogP contribution >= 0.6 is 0 Å². The molecule has 0 saturated carbocycles. The van der Waals surface area contributed by atoms with Gasteiger partial charge in [0.05, 0.1) is 18.2 Å². The van der Waals surface area contributed by atoms with Crippen LogP contribution in [0.2, 0.25) is 0 Å². The summed E-state index contributed by atoms with van der Waals surface area (Å²) in [5, 5.41) is 13.0. The van der Waals surface area contributed by atoms with Gasteiger partial charge in [0.25, 0.3) is 5.91 Å². The van der Waals surface area contributed by atoms with Crippen LogP contribution < -0.4 is 5.32 Å². The predicted molar refractivity (Wildman–Crippen MR) is 119 cm³/mol. The van der Waals surface area contributed by atoms with Gasteiger partial charge in [-0.25, -0.2) is 4.79 Å². The second kappa shape index (κ2) is 7.40. The summed E-state index contributed by atoms with van der Waals surface area (Å²) in [5.41, 5.74) is 2.54. The zero-order valence-corrected chi connectivity index (χ0v) is 17.3. The third kappa shape index (κ3) is 3.12. The van der Waals surface area contributed by atoms with Crippen molar-refractivity contribution in [2.75, 3.05) is 0 Å². The van der Waals surface area contributed by atoms with E-state index in [2.05, 4.69) is 11.4 Å². The number of nitriles is 1. The highest BCUT2D eigenvalue weighted by Gasteiger charge is 2.51. The first-order valence-electron chi connectivity index (χ1n) is 10.2. The van der Waals surface area contributed by atoms with E-state index in [1.54, 1.807) is 19.1 Å². The number of carbonyl (C=O) groups excluding carboxylic acids is 2. The molecule has 5 rings (SSSR count). The number of amides is 3. The number of benzene rings is 3. The Morgan fingerprint density at radius 3 is 2.47 bits per heavy atom. The molecule has 1 unspecified atom stereocenters. The quantitative estimate of drug-likeness (QED) is 0.473. The molecule has 4 aromatic rings. The summed E-state index contributed by atoms with van der Waals surface area (Å²) < 4.78 is 5.87. The molecule has 1 saturated heterocycles. The van der Waals surface area contributed by atoms with Gasteiger partial charge in [0.2, 0.25) is 0 Å². The Kier molecular flexibility index (Phi) is 4.53. The van der Waals surface area contributed by atoms with Crippen LogP contribution in [0.25, 0.3) is 22.1 Å². The summed E-state index contributed by atoms with van der Waals surface area (Å²) in [6.07, 6.45) is 0. The minimum atomic E-state index is -1.26. The van der Waals surface area contributed by atoms with Crippen molar-refractivity contribution in [1.29, 1.82) is 5.26 Å². The lowest BCUT2D eigenvalue weighted by Crippen LogP contribution is -2.40. The fourth-order valence-electron chi connectivity index (χ4n) is 4.04. The zero-order valence-electron chi connectivity index (χ0n) is 17.3. The van der Waals surface area contributed by atoms with E-state index in [0.29, 0.717) is 16.9 Å². The van der Waals surface area contributed by atoms with E-state index in [1.165, 1.54) is 4.90 Å². The second-order valence-electron chi connectivity index (χ2n) is 7.95. The Balaban J connectivity index is 1.39. The number of rotatable bonds is 4. The van der Waals surface area contributed by atoms with Gasteiger partial charge in [-0.05, 0) is 41.8 Å². The molecule has 1 aliphatic heterocycles. The molecule has 1 fully saturated rings. The van der Waals surface area contributed by atoms with Crippen molar-refractivity contribution in [2.24, 2.45) is 0 Å². The number of hydrogen-bond acceptors (Lipinski definition) is 4. The summed E-state index contributed by atoms with van der Waals surface area (Å²) in [6.45, 7) is 1.80. The molecule has 3 amide bonds. The van der Waals surface area contributed by atoms with E-state index in [4.69, 9.17) is 4.42 Å². The number of para-hydroxylation sites is 1. The maximum atomic E-state index is 13.2. The highest BCUT2D eigenvalue weighted by atomic mass is 16.3. The summed E-state index contributed by atoms with van der Waals surface area (Å²) in [5.74, 6) is 0.0449. The molecular formula is C26H19N3O3. The first kappa shape index (κ1) is 19.6. The van der Waals surface area contributed by atoms with Gasteiger partial charge in [-0.3, -0.25) is 9.69 Å². The van der Waals surface area contributed by atoms with Crippen LogP contribution in [0, 0.1) is 11.3 Å². The van der Waals surface area contributed by atoms with Gasteiger partial charge < -0.3 is 9.73 Å². The molecule has 0 radical (unpaired) electrons. The molecule has 1 atom stereocenters. The third-order valence-electron chi connectivity index (χ3n) is 5.85. The number of nitrogens with one attached hydrogen (secondary N) is 1. The number of fused-ring (bicyclic) bond motifs is 1. The van der Waals surface area contributed by atoms with Crippen molar-refractivity contribution in [2.45, 2.75) is 19.0 Å². The zero-order chi connectivity index (χ0) is 22.3. The molecule has 6 heteroatoms. The van der Waals surface area contributed by atoms with Gasteiger partial charge in [0, 0.05) is 5.39 Å². The van der Waals surface area contributed by atoms with Crippen LogP contribution in [0.5, 0.6) is 0 Å². The summed E-state index contributed by atoms with van der Waals surface area (Å²) in [7, 11) is 0. The molecule has 0 bridgehead atoms. The number of hydrogen-bond donors (Lipinski definition) is 1. The second-order valence-corrected chi connectivity index (χ2v) is 7.95. The maximum Gasteiger partial charge on any atom is 0.325 e. The highest BCUT2D eigenvalue weighted by molar-refractivity contribution is 6.07. The van der Waals surface area contributed by atoms with Crippen molar-refractivity contribution in [3.05, 3.63) is 95.7 Å². The van der Waals surface area contributed by atoms with Gasteiger partial charge in [-0.1, -0.05) is 60.7 Å². The van der Waals surface area contributed by atoms with E-state index < -0.39 is 11.6 Å². The van der Waals surface area contributed by atoms with Crippen molar-refractivity contribution in [3.8, 4) is 17.2 Å². The van der Waals surface area contributed by atoms with Crippen LogP contribution in [0.1, 0.15) is 23.8 Å². The molecule has 1 aromatic heterocycles. The fourth-order valence-corrected chi connectivity index (χ4v) is 4.04. The fraction of sp³-hybridized carbons (Fsp3) is 0.115. The van der Waals surface area contributed by atoms with Crippen molar-refractivity contribution in [1.82, 2.24) is 10.2 Å². The molecular weight excluding hydrogens is 402 g/mol. The van der Waals surface area contributed by atoms with E-state index in [-0.39, 0.29) is 12.5 Å². The molecule has 0 spiro atoms. The van der Waals surface area contributed by atoms with Crippen LogP contribution in [-0.4, -0.2) is 16.8 Å². The topological polar surface area (TPSA) is 86.3 Å². The number of imide groups is 1. The minimum Gasteiger partial charge on any atom is -0.458 e. The Labute approximate surface area is 184 Å². The average molecular weight is 421 g/mol. The molecule has 1 aliphatic rings. The van der Waals surface area contributed by atoms with Crippen molar-refractivity contribution >= 4 is 22.9 Å². The van der Waals surface area contributed by atoms with Gasteiger partial charge in [-0.15, -0.1) is 0 Å². The first-order valence-corrected chi connectivity index (χ1v) is 10.2. The standard InChI is InChI=1S/C26H19N3O3/c1-26(23-14-19-6-3-5-9-22(19)32-23)24(30)29(25(31)28-26)16-17-10-12-18(13-11-17)21-8-4-2-7-20(21)15-27/h2-14H,16H2,1H3,(H,28,31). The third-order valence-corrected chi connectivity index (χ3v) is 5.85. The Bertz CT molecular complexity index is 1360. The Morgan fingerprint density at radius 2 is 1.72 bits per heavy atom. The molecule has 6 nitrogen and oxygen atoms in total. The lowest BCUT2D eigenvalue weighted by molar-refractivity contribution is -0.132. The predicted octanol–water partition coefficient (Wildman–Crippen LogP) is 4.94. The normalized spacial score (nSPS) is 18.1. The van der Waals surface area contributed by atoms with Gasteiger partial charge in [0.1, 0.15) is 11.3 Å². The van der Waals surface area contributed by atoms with E-state index in [0.717, 1.165) is 22.1 Å². The monoisotopic (exact) mass is 421 g/mol. The minimum absolute atomic E-state index is 0.140. The summed E-state index contributed by atoms with van der Waals surface area (Å²) >= 11 is 0. The molecule has 156 valence electrons. The van der Waals surface area contributed by atoms with Crippen LogP contribution in [0.15, 0.2) is 83.3 Å². The van der Waals surface area contributed by atoms with Gasteiger partial charge in [-0.2, -0.15) is 5.26 Å². The molecule has 1 N–H and O–H groups in total. The van der Waals surface area contributed by atoms with Crippen LogP contribution in [-0.2, 0) is 16.9 Å². The van der Waals surface area contributed by atoms with Crippen LogP contribution in [0.4, 0.5) is 4.79 Å². The van der Waals surface area contributed by atoms with Crippen LogP contribution in [0.3, 0.4) is 0 Å². The number of furan rings is 1. The Hall–Kier alpha value is -4.37. The molecule has 32 heavy (non-hydrogen) atoms. The lowest BCUT2D eigenvalue weighted by Gasteiger charge is -2.19. The van der Waals surface area contributed by atoms with Gasteiger partial charge >= 0.3 is 6.03 Å². The number of carbonyl (C=O) groups is 2. The largest absolute Gasteiger partial charge is 0.458 e. The average Bonchev–Trinajstić information content (AvgIpc) is 3.35. The van der Waals surface area contributed by atoms with E-state index in [1.807, 2.05) is 66.7 Å². The maximum absolute atomic E-state index is 13.2. The summed E-state index contributed by atoms with van der Waals surface area (Å²) in [4.78, 5) is 27.1. The summed E-state index contributed by atoms with van der Waals surface area (Å²) in [6, 6.07) is 25.9. The SMILES string of the molecule is CC1(c2cc3ccccc3o2)NC(=O)N(Cc2ccc(-c3ccccc3C#N)cc2)C1=O. The Morgan fingerprint density at radius 1 is 1.00 bits per heavy atom.